The Morgan fingerprint density at radius 2 is 2.08 bits per heavy atom. The van der Waals surface area contributed by atoms with Crippen LogP contribution in [0.5, 0.6) is 0 Å². The molecule has 4 rings (SSSR count). The van der Waals surface area contributed by atoms with Crippen molar-refractivity contribution in [3.63, 3.8) is 0 Å². The smallest absolute Gasteiger partial charge is 0.191 e. The summed E-state index contributed by atoms with van der Waals surface area (Å²) in [5.74, 6) is 0.211. The van der Waals surface area contributed by atoms with Gasteiger partial charge in [-0.05, 0) is 19.8 Å². The molecular weight excluding hydrogens is 378 g/mol. The van der Waals surface area contributed by atoms with Crippen LogP contribution in [0.15, 0.2) is 5.16 Å². The lowest BCUT2D eigenvalue weighted by Crippen LogP contribution is -2.30. The van der Waals surface area contributed by atoms with Gasteiger partial charge >= 0.3 is 0 Å². The summed E-state index contributed by atoms with van der Waals surface area (Å²) < 4.78 is 13.8. The van der Waals surface area contributed by atoms with Crippen LogP contribution in [-0.4, -0.2) is 59.9 Å². The minimum absolute atomic E-state index is 0.219. The van der Waals surface area contributed by atoms with E-state index in [4.69, 9.17) is 21.1 Å². The Kier molecular flexibility index (Phi) is 4.85. The van der Waals surface area contributed by atoms with Crippen molar-refractivity contribution in [2.24, 2.45) is 0 Å². The second-order valence-electron chi connectivity index (χ2n) is 6.87. The van der Waals surface area contributed by atoms with Crippen LogP contribution in [0.4, 0.5) is 0 Å². The van der Waals surface area contributed by atoms with Gasteiger partial charge in [-0.2, -0.15) is 0 Å². The summed E-state index contributed by atoms with van der Waals surface area (Å²) in [6.45, 7) is 5.99. The van der Waals surface area contributed by atoms with Crippen LogP contribution < -0.4 is 0 Å². The third-order valence-electron chi connectivity index (χ3n) is 4.99. The first-order chi connectivity index (χ1) is 12.5. The van der Waals surface area contributed by atoms with Gasteiger partial charge in [0.25, 0.3) is 0 Å². The first-order valence-electron chi connectivity index (χ1n) is 8.90. The molecule has 2 fully saturated rings. The summed E-state index contributed by atoms with van der Waals surface area (Å²) >= 11 is 7.83. The van der Waals surface area contributed by atoms with E-state index in [0.29, 0.717) is 29.2 Å². The molecule has 1 saturated heterocycles. The summed E-state index contributed by atoms with van der Waals surface area (Å²) in [6, 6.07) is -0.219. The van der Waals surface area contributed by atoms with Crippen LogP contribution >= 0.6 is 23.4 Å². The van der Waals surface area contributed by atoms with Gasteiger partial charge in [0.2, 0.25) is 0 Å². The van der Waals surface area contributed by atoms with Crippen LogP contribution in [-0.2, 0) is 9.47 Å². The number of halogens is 1. The number of aliphatic hydroxyl groups is 1. The molecule has 142 valence electrons. The van der Waals surface area contributed by atoms with Crippen molar-refractivity contribution in [1.29, 1.82) is 0 Å². The van der Waals surface area contributed by atoms with E-state index in [2.05, 4.69) is 27.2 Å². The minimum Gasteiger partial charge on any atom is -0.390 e. The molecule has 0 aromatic carbocycles. The van der Waals surface area contributed by atoms with Crippen molar-refractivity contribution in [3.8, 4) is 0 Å². The molecular formula is C16H22ClN5O3S. The molecule has 8 nitrogen and oxygen atoms in total. The van der Waals surface area contributed by atoms with E-state index in [1.165, 1.54) is 0 Å². The molecule has 10 heteroatoms. The molecule has 1 N–H and O–H groups in total. The van der Waals surface area contributed by atoms with Gasteiger partial charge in [0.1, 0.15) is 12.2 Å². The van der Waals surface area contributed by atoms with Crippen molar-refractivity contribution in [2.75, 3.05) is 5.75 Å². The van der Waals surface area contributed by atoms with Gasteiger partial charge in [-0.25, -0.2) is 14.6 Å². The zero-order valence-corrected chi connectivity index (χ0v) is 16.5. The fourth-order valence-electron chi connectivity index (χ4n) is 3.51. The lowest BCUT2D eigenvalue weighted by Gasteiger charge is -2.25. The zero-order valence-electron chi connectivity index (χ0n) is 14.9. The van der Waals surface area contributed by atoms with Crippen molar-refractivity contribution in [2.45, 2.75) is 75.3 Å². The molecule has 1 aliphatic carbocycles. The van der Waals surface area contributed by atoms with Gasteiger partial charge in [0.15, 0.2) is 27.3 Å². The second kappa shape index (κ2) is 6.87. The van der Waals surface area contributed by atoms with Gasteiger partial charge in [0, 0.05) is 12.2 Å². The lowest BCUT2D eigenvalue weighted by molar-refractivity contribution is -0.180. The largest absolute Gasteiger partial charge is 0.390 e. The third-order valence-corrected chi connectivity index (χ3v) is 6.30. The molecule has 2 aromatic rings. The molecule has 2 aromatic heterocycles. The highest BCUT2D eigenvalue weighted by atomic mass is 35.5. The second-order valence-corrected chi connectivity index (χ2v) is 8.29. The lowest BCUT2D eigenvalue weighted by atomic mass is 10.2. The number of rotatable bonds is 5. The maximum atomic E-state index is 10.5. The maximum absolute atomic E-state index is 10.5. The number of nitrogens with zero attached hydrogens (tertiary/aromatic N) is 5. The van der Waals surface area contributed by atoms with E-state index >= 15 is 0 Å². The molecule has 2 aliphatic rings. The quantitative estimate of drug-likeness (QED) is 0.465. The van der Waals surface area contributed by atoms with Crippen LogP contribution in [0.3, 0.4) is 0 Å². The van der Waals surface area contributed by atoms with Gasteiger partial charge in [-0.1, -0.05) is 42.4 Å². The normalized spacial score (nSPS) is 33.9. The van der Waals surface area contributed by atoms with E-state index in [9.17, 15) is 5.11 Å². The van der Waals surface area contributed by atoms with Crippen molar-refractivity contribution in [1.82, 2.24) is 25.0 Å². The Bertz CT molecular complexity index is 821. The number of hydrogen-bond donors (Lipinski definition) is 1. The number of thioether (sulfide) groups is 1. The number of fused-ring (bicyclic) bond motifs is 2. The number of ether oxygens (including phenoxy) is 2. The molecule has 1 aliphatic heterocycles. The van der Waals surface area contributed by atoms with Crippen LogP contribution in [0.1, 0.15) is 46.1 Å². The molecule has 1 saturated carbocycles. The molecule has 0 spiro atoms. The zero-order chi connectivity index (χ0) is 18.5. The molecule has 5 atom stereocenters. The summed E-state index contributed by atoms with van der Waals surface area (Å²) in [7, 11) is 0. The molecule has 26 heavy (non-hydrogen) atoms. The molecule has 1 unspecified atom stereocenters. The minimum atomic E-state index is -0.694. The topological polar surface area (TPSA) is 95.2 Å². The summed E-state index contributed by atoms with van der Waals surface area (Å²) in [5.41, 5.74) is 1.03. The summed E-state index contributed by atoms with van der Waals surface area (Å²) in [6.07, 6.45) is 0.871. The molecule has 3 heterocycles. The molecule has 0 amide bonds. The molecule has 0 radical (unpaired) electrons. The number of aliphatic hydroxyl groups excluding tert-OH is 1. The van der Waals surface area contributed by atoms with Gasteiger partial charge in [-0.3, -0.25) is 0 Å². The number of hydrogen-bond acceptors (Lipinski definition) is 8. The SMILES string of the molecule is CCCSc1nc(Cl)c2nnn([C@@H]3C[C@H](O)[C@H]4OC(C)(CC)O[C@H]43)c2n1. The fraction of sp³-hybridized carbons (Fsp3) is 0.750. The van der Waals surface area contributed by atoms with Gasteiger partial charge in [-0.15, -0.1) is 5.10 Å². The highest BCUT2D eigenvalue weighted by Crippen LogP contribution is 2.45. The Morgan fingerprint density at radius 3 is 2.81 bits per heavy atom. The van der Waals surface area contributed by atoms with Crippen LogP contribution in [0, 0.1) is 0 Å². The predicted molar refractivity (Wildman–Crippen MR) is 97.2 cm³/mol. The summed E-state index contributed by atoms with van der Waals surface area (Å²) in [5, 5.41) is 19.8. The Labute approximate surface area is 160 Å². The Hall–Kier alpha value is -1.00. The van der Waals surface area contributed by atoms with Crippen molar-refractivity contribution >= 4 is 34.5 Å². The standard InChI is InChI=1S/C16H22ClN5O3S/c1-4-6-26-15-18-13(17)10-14(19-15)22(21-20-10)8-7-9(23)12-11(8)24-16(3,5-2)25-12/h8-9,11-12,23H,4-7H2,1-3H3/t8-,9+,11+,12-,16?/m1/s1. The van der Waals surface area contributed by atoms with Crippen molar-refractivity contribution < 1.29 is 14.6 Å². The van der Waals surface area contributed by atoms with E-state index in [-0.39, 0.29) is 23.4 Å². The number of aromatic nitrogens is 5. The predicted octanol–water partition coefficient (Wildman–Crippen LogP) is 2.59. The Balaban J connectivity index is 1.71. The van der Waals surface area contributed by atoms with Gasteiger partial charge < -0.3 is 14.6 Å². The summed E-state index contributed by atoms with van der Waals surface area (Å²) in [4.78, 5) is 8.89. The molecule has 0 bridgehead atoms. The first-order valence-corrected chi connectivity index (χ1v) is 10.3. The van der Waals surface area contributed by atoms with Crippen LogP contribution in [0.2, 0.25) is 5.15 Å². The monoisotopic (exact) mass is 399 g/mol. The van der Waals surface area contributed by atoms with Gasteiger partial charge in [0.05, 0.1) is 12.1 Å². The van der Waals surface area contributed by atoms with Crippen molar-refractivity contribution in [3.05, 3.63) is 5.15 Å². The Morgan fingerprint density at radius 1 is 1.31 bits per heavy atom. The van der Waals surface area contributed by atoms with E-state index < -0.39 is 11.9 Å². The average molecular weight is 400 g/mol. The van der Waals surface area contributed by atoms with E-state index in [0.717, 1.165) is 12.2 Å². The average Bonchev–Trinajstić information content (AvgIpc) is 3.27. The maximum Gasteiger partial charge on any atom is 0.191 e. The van der Waals surface area contributed by atoms with E-state index in [1.54, 1.807) is 16.4 Å². The van der Waals surface area contributed by atoms with E-state index in [1.807, 2.05) is 13.8 Å². The fourth-order valence-corrected chi connectivity index (χ4v) is 4.46. The highest BCUT2D eigenvalue weighted by molar-refractivity contribution is 7.99. The van der Waals surface area contributed by atoms with Crippen LogP contribution in [0.25, 0.3) is 11.2 Å². The first kappa shape index (κ1) is 18.4. The third kappa shape index (κ3) is 2.99. The highest BCUT2D eigenvalue weighted by Gasteiger charge is 2.56.